The Labute approximate surface area is 150 Å². The first kappa shape index (κ1) is 18.6. The number of carboxylic acid groups (broad SMARTS) is 1. The summed E-state index contributed by atoms with van der Waals surface area (Å²) >= 11 is 11.7. The van der Waals surface area contributed by atoms with Crippen molar-refractivity contribution in [1.29, 1.82) is 0 Å². The van der Waals surface area contributed by atoms with Crippen LogP contribution in [0.15, 0.2) is 41.3 Å². The summed E-state index contributed by atoms with van der Waals surface area (Å²) in [5.74, 6) is -1.26. The third-order valence-electron chi connectivity index (χ3n) is 3.60. The van der Waals surface area contributed by atoms with Crippen molar-refractivity contribution in [2.24, 2.45) is 0 Å². The average molecular weight is 388 g/mol. The molecule has 0 unspecified atom stereocenters. The maximum atomic E-state index is 13.0. The van der Waals surface area contributed by atoms with E-state index < -0.39 is 22.5 Å². The Bertz CT molecular complexity index is 897. The lowest BCUT2D eigenvalue weighted by Crippen LogP contribution is -2.36. The average Bonchev–Trinajstić information content (AvgIpc) is 2.50. The molecule has 8 heteroatoms. The van der Waals surface area contributed by atoms with Crippen LogP contribution in [0.4, 0.5) is 5.69 Å². The van der Waals surface area contributed by atoms with Crippen molar-refractivity contribution in [3.05, 3.63) is 57.6 Å². The van der Waals surface area contributed by atoms with E-state index in [9.17, 15) is 13.2 Å². The fourth-order valence-electron chi connectivity index (χ4n) is 2.19. The van der Waals surface area contributed by atoms with Gasteiger partial charge in [-0.05, 0) is 49.2 Å². The predicted octanol–water partition coefficient (Wildman–Crippen LogP) is 3.89. The topological polar surface area (TPSA) is 74.7 Å². The number of hydrogen-bond donors (Lipinski definition) is 1. The third-order valence-corrected chi connectivity index (χ3v) is 6.10. The molecule has 1 N–H and O–H groups in total. The summed E-state index contributed by atoms with van der Waals surface area (Å²) in [4.78, 5) is 11.1. The summed E-state index contributed by atoms with van der Waals surface area (Å²) in [5.41, 5.74) is 1.85. The number of benzene rings is 2. The maximum absolute atomic E-state index is 13.0. The first-order chi connectivity index (χ1) is 11.1. The molecule has 0 atom stereocenters. The highest BCUT2D eigenvalue weighted by molar-refractivity contribution is 7.92. The van der Waals surface area contributed by atoms with Gasteiger partial charge in [-0.2, -0.15) is 0 Å². The van der Waals surface area contributed by atoms with Gasteiger partial charge in [0.15, 0.2) is 0 Å². The molecule has 0 aliphatic rings. The molecule has 2 aromatic carbocycles. The highest BCUT2D eigenvalue weighted by Crippen LogP contribution is 2.31. The summed E-state index contributed by atoms with van der Waals surface area (Å²) < 4.78 is 26.8. The van der Waals surface area contributed by atoms with E-state index >= 15 is 0 Å². The Hall–Kier alpha value is -1.76. The Balaban J connectivity index is 2.64. The molecule has 0 heterocycles. The number of sulfonamides is 1. The van der Waals surface area contributed by atoms with E-state index in [1.807, 2.05) is 13.0 Å². The van der Waals surface area contributed by atoms with Crippen molar-refractivity contribution >= 4 is 44.9 Å². The van der Waals surface area contributed by atoms with Gasteiger partial charge in [0.05, 0.1) is 20.6 Å². The van der Waals surface area contributed by atoms with Crippen molar-refractivity contribution in [2.75, 3.05) is 10.8 Å². The molecule has 2 rings (SSSR count). The zero-order chi connectivity index (χ0) is 18.1. The number of halogens is 2. The Morgan fingerprint density at radius 3 is 2.38 bits per heavy atom. The van der Waals surface area contributed by atoms with E-state index in [4.69, 9.17) is 28.3 Å². The minimum absolute atomic E-state index is 0.0778. The molecule has 0 aliphatic heterocycles. The largest absolute Gasteiger partial charge is 0.480 e. The monoisotopic (exact) mass is 387 g/mol. The summed E-state index contributed by atoms with van der Waals surface area (Å²) in [6, 6.07) is 8.93. The second kappa shape index (κ2) is 7.01. The lowest BCUT2D eigenvalue weighted by atomic mass is 10.1. The molecule has 2 aromatic rings. The van der Waals surface area contributed by atoms with Gasteiger partial charge in [-0.1, -0.05) is 35.3 Å². The van der Waals surface area contributed by atoms with E-state index in [1.54, 1.807) is 19.1 Å². The fraction of sp³-hybridized carbons (Fsp3) is 0.188. The highest BCUT2D eigenvalue weighted by atomic mass is 35.5. The van der Waals surface area contributed by atoms with Crippen LogP contribution in [0.1, 0.15) is 11.1 Å². The van der Waals surface area contributed by atoms with Gasteiger partial charge in [-0.15, -0.1) is 0 Å². The van der Waals surface area contributed by atoms with E-state index in [-0.39, 0.29) is 14.9 Å². The minimum atomic E-state index is -4.12. The number of rotatable bonds is 5. The molecule has 0 radical (unpaired) electrons. The second-order valence-corrected chi connectivity index (χ2v) is 7.88. The van der Waals surface area contributed by atoms with Crippen molar-refractivity contribution < 1.29 is 18.3 Å². The van der Waals surface area contributed by atoms with Gasteiger partial charge in [0, 0.05) is 0 Å². The number of carbonyl (C=O) groups is 1. The lowest BCUT2D eigenvalue weighted by Gasteiger charge is -2.25. The van der Waals surface area contributed by atoms with E-state index in [0.717, 1.165) is 9.87 Å². The first-order valence-corrected chi connectivity index (χ1v) is 9.10. The Morgan fingerprint density at radius 1 is 1.12 bits per heavy atom. The summed E-state index contributed by atoms with van der Waals surface area (Å²) in [7, 11) is -4.12. The normalized spacial score (nSPS) is 11.3. The summed E-state index contributed by atoms with van der Waals surface area (Å²) in [6.45, 7) is 2.86. The molecule has 0 saturated heterocycles. The van der Waals surface area contributed by atoms with Crippen LogP contribution in [0.5, 0.6) is 0 Å². The molecule has 0 saturated carbocycles. The van der Waals surface area contributed by atoms with Gasteiger partial charge in [-0.25, -0.2) is 8.42 Å². The highest BCUT2D eigenvalue weighted by Gasteiger charge is 2.29. The summed E-state index contributed by atoms with van der Waals surface area (Å²) in [6.07, 6.45) is 0. The van der Waals surface area contributed by atoms with E-state index in [2.05, 4.69) is 0 Å². The van der Waals surface area contributed by atoms with E-state index in [1.165, 1.54) is 18.2 Å². The van der Waals surface area contributed by atoms with Gasteiger partial charge in [-0.3, -0.25) is 9.10 Å². The number of hydrogen-bond acceptors (Lipinski definition) is 3. The first-order valence-electron chi connectivity index (χ1n) is 6.90. The predicted molar refractivity (Wildman–Crippen MR) is 94.5 cm³/mol. The molecule has 5 nitrogen and oxygen atoms in total. The molecule has 128 valence electrons. The number of nitrogens with zero attached hydrogens (tertiary/aromatic N) is 1. The molecule has 0 aliphatic carbocycles. The zero-order valence-electron chi connectivity index (χ0n) is 13.0. The van der Waals surface area contributed by atoms with Gasteiger partial charge in [0.25, 0.3) is 10.0 Å². The van der Waals surface area contributed by atoms with Gasteiger partial charge < -0.3 is 5.11 Å². The van der Waals surface area contributed by atoms with Gasteiger partial charge >= 0.3 is 5.97 Å². The number of carboxylic acids is 1. The van der Waals surface area contributed by atoms with Crippen LogP contribution in [0.3, 0.4) is 0 Å². The Kier molecular flexibility index (Phi) is 5.42. The number of aryl methyl sites for hydroxylation is 1. The minimum Gasteiger partial charge on any atom is -0.480 e. The van der Waals surface area contributed by atoms with Crippen LogP contribution >= 0.6 is 23.2 Å². The number of anilines is 1. The van der Waals surface area contributed by atoms with E-state index in [0.29, 0.717) is 11.3 Å². The third kappa shape index (κ3) is 3.66. The van der Waals surface area contributed by atoms with Crippen molar-refractivity contribution in [1.82, 2.24) is 0 Å². The van der Waals surface area contributed by atoms with Crippen molar-refractivity contribution in [2.45, 2.75) is 18.7 Å². The second-order valence-electron chi connectivity index (χ2n) is 5.20. The fourth-order valence-corrected chi connectivity index (χ4v) is 4.05. The molecular weight excluding hydrogens is 373 g/mol. The molecule has 0 amide bonds. The molecule has 0 spiro atoms. The molecule has 24 heavy (non-hydrogen) atoms. The van der Waals surface area contributed by atoms with Crippen LogP contribution in [0.25, 0.3) is 0 Å². The molecule has 0 fully saturated rings. The van der Waals surface area contributed by atoms with Gasteiger partial charge in [0.1, 0.15) is 6.54 Å². The zero-order valence-corrected chi connectivity index (χ0v) is 15.3. The number of aliphatic carboxylic acids is 1. The quantitative estimate of drug-likeness (QED) is 0.843. The van der Waals surface area contributed by atoms with Crippen LogP contribution < -0.4 is 4.31 Å². The summed E-state index contributed by atoms with van der Waals surface area (Å²) in [5, 5.41) is 9.45. The smallest absolute Gasteiger partial charge is 0.324 e. The van der Waals surface area contributed by atoms with Crippen LogP contribution in [-0.4, -0.2) is 26.0 Å². The molecule has 0 aromatic heterocycles. The van der Waals surface area contributed by atoms with Crippen molar-refractivity contribution in [3.63, 3.8) is 0 Å². The molecular formula is C16H15Cl2NO4S. The van der Waals surface area contributed by atoms with Crippen LogP contribution in [0.2, 0.25) is 10.0 Å². The van der Waals surface area contributed by atoms with Crippen molar-refractivity contribution in [3.8, 4) is 0 Å². The maximum Gasteiger partial charge on any atom is 0.324 e. The van der Waals surface area contributed by atoms with Crippen LogP contribution in [-0.2, 0) is 14.8 Å². The lowest BCUT2D eigenvalue weighted by molar-refractivity contribution is -0.135. The molecule has 0 bridgehead atoms. The Morgan fingerprint density at radius 2 is 1.79 bits per heavy atom. The van der Waals surface area contributed by atoms with Gasteiger partial charge in [0.2, 0.25) is 0 Å². The van der Waals surface area contributed by atoms with Crippen LogP contribution in [0, 0.1) is 13.8 Å². The standard InChI is InChI=1S/C16H15Cl2NO4S/c1-10-4-3-5-15(11(10)2)19(9-16(20)21)24(22,23)12-6-7-13(17)14(18)8-12/h3-8H,9H2,1-2H3,(H,20,21). The SMILES string of the molecule is Cc1cccc(N(CC(=O)O)S(=O)(=O)c2ccc(Cl)c(Cl)c2)c1C.